The molecule has 0 amide bonds. The number of ether oxygens (including phenoxy) is 1. The molecule has 2 aliphatic rings. The van der Waals surface area contributed by atoms with E-state index < -0.39 is 10.0 Å². The predicted octanol–water partition coefficient (Wildman–Crippen LogP) is 2.41. The zero-order chi connectivity index (χ0) is 15.0. The maximum atomic E-state index is 12.9. The van der Waals surface area contributed by atoms with Crippen LogP contribution in [0.1, 0.15) is 26.2 Å². The fourth-order valence-electron chi connectivity index (χ4n) is 3.56. The van der Waals surface area contributed by atoms with Crippen molar-refractivity contribution in [3.63, 3.8) is 0 Å². The summed E-state index contributed by atoms with van der Waals surface area (Å²) in [6.07, 6.45) is 2.96. The number of nitrogens with zero attached hydrogens (tertiary/aromatic N) is 1. The quantitative estimate of drug-likeness (QED) is 0.838. The summed E-state index contributed by atoms with van der Waals surface area (Å²) in [6, 6.07) is 5.89. The lowest BCUT2D eigenvalue weighted by molar-refractivity contribution is 0.162. The molecule has 4 nitrogen and oxygen atoms in total. The van der Waals surface area contributed by atoms with Crippen LogP contribution in [0.15, 0.2) is 24.3 Å². The van der Waals surface area contributed by atoms with Crippen LogP contribution in [0.5, 0.6) is 5.75 Å². The Morgan fingerprint density at radius 1 is 1.29 bits per heavy atom. The van der Waals surface area contributed by atoms with E-state index in [2.05, 4.69) is 0 Å². The molecule has 116 valence electrons. The van der Waals surface area contributed by atoms with Gasteiger partial charge in [-0.3, -0.25) is 0 Å². The fourth-order valence-corrected chi connectivity index (χ4v) is 5.14. The van der Waals surface area contributed by atoms with Crippen molar-refractivity contribution in [3.05, 3.63) is 30.1 Å². The van der Waals surface area contributed by atoms with Crippen molar-refractivity contribution in [2.75, 3.05) is 12.4 Å². The van der Waals surface area contributed by atoms with E-state index in [0.29, 0.717) is 18.3 Å². The highest BCUT2D eigenvalue weighted by Gasteiger charge is 2.50. The van der Waals surface area contributed by atoms with Gasteiger partial charge in [0.25, 0.3) is 0 Å². The van der Waals surface area contributed by atoms with Gasteiger partial charge in [-0.25, -0.2) is 12.8 Å². The topological polar surface area (TPSA) is 46.6 Å². The molecule has 1 aromatic carbocycles. The number of benzene rings is 1. The molecule has 0 spiro atoms. The largest absolute Gasteiger partial charge is 0.492 e. The molecule has 1 aliphatic heterocycles. The Labute approximate surface area is 125 Å². The number of hydrogen-bond donors (Lipinski definition) is 0. The zero-order valence-corrected chi connectivity index (χ0v) is 12.9. The van der Waals surface area contributed by atoms with Crippen LogP contribution in [0.3, 0.4) is 0 Å². The molecule has 1 saturated carbocycles. The van der Waals surface area contributed by atoms with E-state index in [-0.39, 0.29) is 23.7 Å². The van der Waals surface area contributed by atoms with Crippen LogP contribution in [0.2, 0.25) is 0 Å². The van der Waals surface area contributed by atoms with Gasteiger partial charge in [-0.05, 0) is 56.4 Å². The molecular weight excluding hydrogens is 293 g/mol. The lowest BCUT2D eigenvalue weighted by Crippen LogP contribution is -2.48. The Morgan fingerprint density at radius 2 is 2.00 bits per heavy atom. The van der Waals surface area contributed by atoms with E-state index >= 15 is 0 Å². The van der Waals surface area contributed by atoms with Crippen LogP contribution in [-0.4, -0.2) is 37.2 Å². The van der Waals surface area contributed by atoms with Crippen LogP contribution >= 0.6 is 0 Å². The van der Waals surface area contributed by atoms with E-state index in [1.54, 1.807) is 23.4 Å². The smallest absolute Gasteiger partial charge is 0.214 e. The van der Waals surface area contributed by atoms with Gasteiger partial charge in [0.15, 0.2) is 0 Å². The van der Waals surface area contributed by atoms with E-state index in [1.807, 2.05) is 0 Å². The van der Waals surface area contributed by atoms with Gasteiger partial charge in [-0.15, -0.1) is 0 Å². The molecule has 0 radical (unpaired) electrons. The van der Waals surface area contributed by atoms with Crippen molar-refractivity contribution < 1.29 is 17.5 Å². The van der Waals surface area contributed by atoms with Gasteiger partial charge < -0.3 is 4.74 Å². The Morgan fingerprint density at radius 3 is 2.67 bits per heavy atom. The molecule has 2 bridgehead atoms. The van der Waals surface area contributed by atoms with Gasteiger partial charge in [0.1, 0.15) is 18.2 Å². The highest BCUT2D eigenvalue weighted by atomic mass is 32.2. The summed E-state index contributed by atoms with van der Waals surface area (Å²) < 4.78 is 44.8. The molecule has 1 aliphatic carbocycles. The van der Waals surface area contributed by atoms with Gasteiger partial charge in [-0.2, -0.15) is 4.31 Å². The van der Waals surface area contributed by atoms with Gasteiger partial charge in [0.2, 0.25) is 10.0 Å². The minimum absolute atomic E-state index is 0.0845. The second-order valence-electron chi connectivity index (χ2n) is 5.79. The average molecular weight is 313 g/mol. The van der Waals surface area contributed by atoms with Crippen molar-refractivity contribution in [1.29, 1.82) is 0 Å². The minimum atomic E-state index is -3.20. The summed E-state index contributed by atoms with van der Waals surface area (Å²) in [4.78, 5) is 0. The first kappa shape index (κ1) is 14.8. The second kappa shape index (κ2) is 5.57. The molecule has 1 aromatic rings. The molecule has 0 unspecified atom stereocenters. The Balaban J connectivity index is 1.72. The van der Waals surface area contributed by atoms with Crippen LogP contribution in [-0.2, 0) is 10.0 Å². The average Bonchev–Trinajstić information content (AvgIpc) is 3.07. The maximum absolute atomic E-state index is 12.9. The summed E-state index contributed by atoms with van der Waals surface area (Å²) in [5.41, 5.74) is 0. The zero-order valence-electron chi connectivity index (χ0n) is 12.0. The summed E-state index contributed by atoms with van der Waals surface area (Å²) in [5.74, 6) is 0.783. The Hall–Kier alpha value is -1.14. The van der Waals surface area contributed by atoms with Crippen molar-refractivity contribution in [3.8, 4) is 5.75 Å². The van der Waals surface area contributed by atoms with E-state index in [1.165, 1.54) is 12.1 Å². The van der Waals surface area contributed by atoms with Gasteiger partial charge in [0, 0.05) is 6.04 Å². The van der Waals surface area contributed by atoms with Gasteiger partial charge >= 0.3 is 0 Å². The van der Waals surface area contributed by atoms with E-state index in [9.17, 15) is 12.8 Å². The highest BCUT2D eigenvalue weighted by Crippen LogP contribution is 2.44. The normalized spacial score (nSPS) is 29.0. The number of rotatable bonds is 5. The van der Waals surface area contributed by atoms with Crippen molar-refractivity contribution in [2.45, 2.75) is 38.3 Å². The van der Waals surface area contributed by atoms with Crippen molar-refractivity contribution >= 4 is 10.0 Å². The van der Waals surface area contributed by atoms with Crippen LogP contribution in [0.4, 0.5) is 4.39 Å². The Bertz CT molecular complexity index is 602. The third kappa shape index (κ3) is 2.79. The Kier molecular flexibility index (Phi) is 3.92. The first-order valence-electron chi connectivity index (χ1n) is 7.41. The number of sulfonamides is 1. The molecule has 6 heteroatoms. The molecule has 3 rings (SSSR count). The molecule has 21 heavy (non-hydrogen) atoms. The molecular formula is C15H20FNO3S. The van der Waals surface area contributed by atoms with Crippen molar-refractivity contribution in [2.24, 2.45) is 5.92 Å². The lowest BCUT2D eigenvalue weighted by atomic mass is 10.0. The third-order valence-electron chi connectivity index (χ3n) is 4.60. The predicted molar refractivity (Wildman–Crippen MR) is 78.1 cm³/mol. The molecule has 2 fully saturated rings. The second-order valence-corrected chi connectivity index (χ2v) is 7.95. The first-order valence-corrected chi connectivity index (χ1v) is 9.01. The lowest BCUT2D eigenvalue weighted by Gasteiger charge is -2.33. The molecule has 0 N–H and O–H groups in total. The minimum Gasteiger partial charge on any atom is -0.492 e. The molecule has 3 atom stereocenters. The highest BCUT2D eigenvalue weighted by molar-refractivity contribution is 7.89. The van der Waals surface area contributed by atoms with Crippen LogP contribution in [0, 0.1) is 11.7 Å². The number of halogens is 1. The summed E-state index contributed by atoms with van der Waals surface area (Å²) in [7, 11) is -3.20. The molecule has 1 saturated heterocycles. The molecule has 0 aromatic heterocycles. The number of fused-ring (bicyclic) bond motifs is 2. The van der Waals surface area contributed by atoms with E-state index in [0.717, 1.165) is 19.3 Å². The molecule has 1 heterocycles. The fraction of sp³-hybridized carbons (Fsp3) is 0.600. The SMILES string of the molecule is CCS(=O)(=O)N1[C@@H]2CC[C@H](C2)[C@H]1COc1ccc(F)cc1. The van der Waals surface area contributed by atoms with Gasteiger partial charge in [0.05, 0.1) is 11.8 Å². The summed E-state index contributed by atoms with van der Waals surface area (Å²) in [6.45, 7) is 2.02. The first-order chi connectivity index (χ1) is 10.0. The third-order valence-corrected chi connectivity index (χ3v) is 6.54. The summed E-state index contributed by atoms with van der Waals surface area (Å²) >= 11 is 0. The monoisotopic (exact) mass is 313 g/mol. The van der Waals surface area contributed by atoms with Crippen LogP contribution in [0.25, 0.3) is 0 Å². The van der Waals surface area contributed by atoms with Gasteiger partial charge in [-0.1, -0.05) is 0 Å². The number of hydrogen-bond acceptors (Lipinski definition) is 3. The van der Waals surface area contributed by atoms with Crippen molar-refractivity contribution in [1.82, 2.24) is 4.31 Å². The standard InChI is InChI=1S/C15H20FNO3S/c1-2-21(18,19)17-13-6-3-11(9-13)15(17)10-20-14-7-4-12(16)5-8-14/h4-5,7-8,11,13,15H,2-3,6,9-10H2,1H3/t11-,13-,15-/m1/s1. The maximum Gasteiger partial charge on any atom is 0.214 e. The summed E-state index contributed by atoms with van der Waals surface area (Å²) in [5, 5.41) is 0. The number of piperidine rings is 1. The van der Waals surface area contributed by atoms with E-state index in [4.69, 9.17) is 4.74 Å². The van der Waals surface area contributed by atoms with Crippen LogP contribution < -0.4 is 4.74 Å².